The average Bonchev–Trinajstić information content (AvgIpc) is 3.12. The van der Waals surface area contributed by atoms with Crippen LogP contribution in [0, 0.1) is 0 Å². The van der Waals surface area contributed by atoms with Crippen LogP contribution in [0.1, 0.15) is 21.5 Å². The second-order valence-corrected chi connectivity index (χ2v) is 10.3. The van der Waals surface area contributed by atoms with Crippen LogP contribution in [-0.2, 0) is 21.3 Å². The van der Waals surface area contributed by atoms with Gasteiger partial charge in [0.15, 0.2) is 9.84 Å². The van der Waals surface area contributed by atoms with Gasteiger partial charge in [0.2, 0.25) is 0 Å². The molecule has 0 spiro atoms. The topological polar surface area (TPSA) is 79.4 Å². The van der Waals surface area contributed by atoms with Gasteiger partial charge in [0, 0.05) is 47.1 Å². The van der Waals surface area contributed by atoms with Gasteiger partial charge in [0.25, 0.3) is 5.91 Å². The van der Waals surface area contributed by atoms with Crippen LogP contribution in [0.15, 0.2) is 30.5 Å². The van der Waals surface area contributed by atoms with E-state index in [1.807, 2.05) is 18.2 Å². The van der Waals surface area contributed by atoms with E-state index in [-0.39, 0.29) is 30.5 Å². The molecule has 1 fully saturated rings. The molecule has 0 radical (unpaired) electrons. The lowest BCUT2D eigenvalue weighted by atomic mass is 10.0. The fourth-order valence-corrected chi connectivity index (χ4v) is 5.79. The first-order chi connectivity index (χ1) is 12.9. The minimum Gasteiger partial charge on any atom is -0.340 e. The molecule has 9 heteroatoms. The van der Waals surface area contributed by atoms with Crippen LogP contribution in [0.4, 0.5) is 11.5 Å². The highest BCUT2D eigenvalue weighted by atomic mass is 35.5. The smallest absolute Gasteiger partial charge is 0.255 e. The van der Waals surface area contributed by atoms with E-state index >= 15 is 0 Å². The van der Waals surface area contributed by atoms with E-state index in [1.165, 1.54) is 0 Å². The maximum Gasteiger partial charge on any atom is 0.255 e. The van der Waals surface area contributed by atoms with E-state index < -0.39 is 9.84 Å². The number of halogens is 1. The molecule has 4 rings (SSSR count). The van der Waals surface area contributed by atoms with Gasteiger partial charge in [-0.2, -0.15) is 11.8 Å². The molecular formula is C18H18ClN3O3S2. The highest BCUT2D eigenvalue weighted by Crippen LogP contribution is 2.37. The average molecular weight is 424 g/mol. The first kappa shape index (κ1) is 18.6. The third-order valence-electron chi connectivity index (χ3n) is 4.74. The number of thioether (sulfide) groups is 1. The van der Waals surface area contributed by atoms with Crippen LogP contribution in [0.2, 0.25) is 5.02 Å². The van der Waals surface area contributed by atoms with E-state index in [0.29, 0.717) is 10.6 Å². The predicted octanol–water partition coefficient (Wildman–Crippen LogP) is 3.10. The fraction of sp³-hybridized carbons (Fsp3) is 0.333. The Morgan fingerprint density at radius 2 is 1.93 bits per heavy atom. The lowest BCUT2D eigenvalue weighted by Gasteiger charge is -2.27. The van der Waals surface area contributed by atoms with Gasteiger partial charge in [-0.3, -0.25) is 4.79 Å². The summed E-state index contributed by atoms with van der Waals surface area (Å²) in [6.07, 6.45) is 1.60. The number of carbonyl (C=O) groups is 1. The molecule has 3 heterocycles. The number of hydrogen-bond donors (Lipinski definition) is 1. The number of nitrogens with one attached hydrogen (secondary N) is 1. The second kappa shape index (κ2) is 7.33. The molecule has 0 atom stereocenters. The van der Waals surface area contributed by atoms with Crippen LogP contribution in [0.5, 0.6) is 0 Å². The lowest BCUT2D eigenvalue weighted by molar-refractivity contribution is 0.0769. The number of amides is 1. The largest absolute Gasteiger partial charge is 0.340 e. The standard InChI is InChI=1S/C18H18ClN3O3S2/c19-12-2-1-3-13(8-12)21-17-16-11-26-10-15(16)14(9-20-17)18(23)22-4-6-27(24,25)7-5-22/h1-3,8-9H,4-7,10-11H2,(H,20,21). The molecule has 142 valence electrons. The molecule has 0 saturated carbocycles. The van der Waals surface area contributed by atoms with Crippen LogP contribution in [0.3, 0.4) is 0 Å². The highest BCUT2D eigenvalue weighted by molar-refractivity contribution is 7.98. The van der Waals surface area contributed by atoms with Gasteiger partial charge >= 0.3 is 0 Å². The summed E-state index contributed by atoms with van der Waals surface area (Å²) in [4.78, 5) is 19.0. The maximum atomic E-state index is 12.9. The highest BCUT2D eigenvalue weighted by Gasteiger charge is 2.30. The minimum atomic E-state index is -3.02. The number of nitrogens with zero attached hydrogens (tertiary/aromatic N) is 2. The molecule has 0 bridgehead atoms. The number of pyridine rings is 1. The van der Waals surface area contributed by atoms with Crippen molar-refractivity contribution in [2.45, 2.75) is 11.5 Å². The molecule has 1 aromatic carbocycles. The lowest BCUT2D eigenvalue weighted by Crippen LogP contribution is -2.44. The normalized spacial score (nSPS) is 18.2. The van der Waals surface area contributed by atoms with Gasteiger partial charge in [-0.1, -0.05) is 17.7 Å². The number of fused-ring (bicyclic) bond motifs is 1. The molecule has 1 amide bonds. The predicted molar refractivity (Wildman–Crippen MR) is 109 cm³/mol. The Morgan fingerprint density at radius 1 is 1.19 bits per heavy atom. The van der Waals surface area contributed by atoms with Crippen molar-refractivity contribution in [2.24, 2.45) is 0 Å². The van der Waals surface area contributed by atoms with Gasteiger partial charge in [0.1, 0.15) is 5.82 Å². The van der Waals surface area contributed by atoms with Crippen molar-refractivity contribution in [2.75, 3.05) is 29.9 Å². The van der Waals surface area contributed by atoms with Crippen molar-refractivity contribution in [3.63, 3.8) is 0 Å². The Labute approximate surface area is 167 Å². The third-order valence-corrected chi connectivity index (χ3v) is 7.57. The Morgan fingerprint density at radius 3 is 2.67 bits per heavy atom. The SMILES string of the molecule is O=C(c1cnc(Nc2cccc(Cl)c2)c2c1CSC2)N1CCS(=O)(=O)CC1. The molecule has 2 aliphatic heterocycles. The number of anilines is 2. The molecule has 2 aromatic rings. The second-order valence-electron chi connectivity index (χ2n) is 6.55. The van der Waals surface area contributed by atoms with Crippen molar-refractivity contribution in [3.8, 4) is 0 Å². The monoisotopic (exact) mass is 423 g/mol. The van der Waals surface area contributed by atoms with Crippen molar-refractivity contribution >= 4 is 50.6 Å². The molecule has 2 aliphatic rings. The Hall–Kier alpha value is -1.77. The summed E-state index contributed by atoms with van der Waals surface area (Å²) < 4.78 is 23.2. The van der Waals surface area contributed by atoms with Gasteiger partial charge in [-0.05, 0) is 23.8 Å². The quantitative estimate of drug-likeness (QED) is 0.817. The molecular weight excluding hydrogens is 406 g/mol. The van der Waals surface area contributed by atoms with Crippen molar-refractivity contribution in [1.29, 1.82) is 0 Å². The Bertz CT molecular complexity index is 997. The molecule has 0 unspecified atom stereocenters. The molecule has 1 saturated heterocycles. The number of rotatable bonds is 3. The van der Waals surface area contributed by atoms with Crippen molar-refractivity contribution in [3.05, 3.63) is 52.2 Å². The molecule has 1 N–H and O–H groups in total. The number of carbonyl (C=O) groups excluding carboxylic acids is 1. The van der Waals surface area contributed by atoms with Crippen molar-refractivity contribution < 1.29 is 13.2 Å². The van der Waals surface area contributed by atoms with Gasteiger partial charge in [0.05, 0.1) is 17.1 Å². The molecule has 27 heavy (non-hydrogen) atoms. The summed E-state index contributed by atoms with van der Waals surface area (Å²) in [5, 5.41) is 3.93. The number of sulfone groups is 1. The minimum absolute atomic E-state index is 0.0253. The zero-order valence-electron chi connectivity index (χ0n) is 14.4. The summed E-state index contributed by atoms with van der Waals surface area (Å²) in [6, 6.07) is 7.41. The van der Waals surface area contributed by atoms with Gasteiger partial charge in [-0.15, -0.1) is 0 Å². The van der Waals surface area contributed by atoms with Crippen LogP contribution < -0.4 is 5.32 Å². The zero-order chi connectivity index (χ0) is 19.0. The summed E-state index contributed by atoms with van der Waals surface area (Å²) in [5.41, 5.74) is 3.42. The van der Waals surface area contributed by atoms with Crippen LogP contribution in [-0.4, -0.2) is 48.8 Å². The number of hydrogen-bond acceptors (Lipinski definition) is 6. The fourth-order valence-electron chi connectivity index (χ4n) is 3.25. The summed E-state index contributed by atoms with van der Waals surface area (Å²) in [7, 11) is -3.02. The van der Waals surface area contributed by atoms with E-state index in [2.05, 4.69) is 10.3 Å². The van der Waals surface area contributed by atoms with Gasteiger partial charge < -0.3 is 10.2 Å². The van der Waals surface area contributed by atoms with E-state index in [1.54, 1.807) is 28.9 Å². The van der Waals surface area contributed by atoms with E-state index in [9.17, 15) is 13.2 Å². The third kappa shape index (κ3) is 3.93. The molecule has 1 aromatic heterocycles. The van der Waals surface area contributed by atoms with Gasteiger partial charge in [-0.25, -0.2) is 13.4 Å². The Kier molecular flexibility index (Phi) is 5.05. The van der Waals surface area contributed by atoms with E-state index in [4.69, 9.17) is 11.6 Å². The summed E-state index contributed by atoms with van der Waals surface area (Å²) >= 11 is 7.78. The van der Waals surface area contributed by atoms with Crippen molar-refractivity contribution in [1.82, 2.24) is 9.88 Å². The number of aromatic nitrogens is 1. The van der Waals surface area contributed by atoms with Crippen LogP contribution in [0.25, 0.3) is 0 Å². The summed E-state index contributed by atoms with van der Waals surface area (Å²) in [6.45, 7) is 0.483. The zero-order valence-corrected chi connectivity index (χ0v) is 16.8. The van der Waals surface area contributed by atoms with Crippen LogP contribution >= 0.6 is 23.4 Å². The molecule has 0 aliphatic carbocycles. The van der Waals surface area contributed by atoms with E-state index in [0.717, 1.165) is 34.1 Å². The Balaban J connectivity index is 1.60. The first-order valence-corrected chi connectivity index (χ1v) is 11.9. The first-order valence-electron chi connectivity index (χ1n) is 8.54. The maximum absolute atomic E-state index is 12.9. The molecule has 6 nitrogen and oxygen atoms in total. The summed E-state index contributed by atoms with van der Waals surface area (Å²) in [5.74, 6) is 2.17. The number of benzene rings is 1.